The normalized spacial score (nSPS) is 18.8. The van der Waals surface area contributed by atoms with Crippen molar-refractivity contribution in [2.45, 2.75) is 31.7 Å². The lowest BCUT2D eigenvalue weighted by Crippen LogP contribution is -2.42. The molecule has 6 nitrogen and oxygen atoms in total. The van der Waals surface area contributed by atoms with E-state index in [2.05, 4.69) is 15.0 Å². The van der Waals surface area contributed by atoms with Crippen molar-refractivity contribution in [3.05, 3.63) is 71.1 Å². The molecule has 0 unspecified atom stereocenters. The number of halogens is 2. The molecule has 2 aromatic carbocycles. The molecule has 0 spiro atoms. The molecule has 0 amide bonds. The van der Waals surface area contributed by atoms with Crippen molar-refractivity contribution in [2.24, 2.45) is 0 Å². The Bertz CT molecular complexity index is 1290. The van der Waals surface area contributed by atoms with Gasteiger partial charge < -0.3 is 9.32 Å². The van der Waals surface area contributed by atoms with Crippen molar-refractivity contribution in [3.63, 3.8) is 0 Å². The molecule has 2 atom stereocenters. The van der Waals surface area contributed by atoms with Gasteiger partial charge in [0, 0.05) is 35.6 Å². The van der Waals surface area contributed by atoms with Crippen molar-refractivity contribution >= 4 is 34.7 Å². The molecule has 32 heavy (non-hydrogen) atoms. The number of carbonyl (C=O) groups excluding carboxylic acids is 1. The molecule has 5 rings (SSSR count). The Labute approximate surface area is 189 Å². The standard InChI is InChI=1S/C24H20ClFN4O2/c1-14-3-4-15(24-29-20-11-16(25)5-8-21(20)32-24)12-30(14)22-18(13-31)17(6-7-19(22)26)23-27-9-2-10-28-23/h2,5-11,13-15H,3-4,12H2,1H3/t14-,15-/m1/s1. The Morgan fingerprint density at radius 3 is 2.78 bits per heavy atom. The number of hydrogen-bond acceptors (Lipinski definition) is 6. The summed E-state index contributed by atoms with van der Waals surface area (Å²) < 4.78 is 21.1. The Morgan fingerprint density at radius 1 is 1.19 bits per heavy atom. The van der Waals surface area contributed by atoms with E-state index >= 15 is 4.39 Å². The van der Waals surface area contributed by atoms with Crippen molar-refractivity contribution in [3.8, 4) is 11.4 Å². The van der Waals surface area contributed by atoms with Crippen molar-refractivity contribution in [1.82, 2.24) is 15.0 Å². The van der Waals surface area contributed by atoms with Crippen LogP contribution in [0.15, 0.2) is 53.2 Å². The van der Waals surface area contributed by atoms with Gasteiger partial charge in [-0.05, 0) is 56.2 Å². The molecule has 0 saturated carbocycles. The van der Waals surface area contributed by atoms with Gasteiger partial charge >= 0.3 is 0 Å². The van der Waals surface area contributed by atoms with Gasteiger partial charge in [-0.25, -0.2) is 19.3 Å². The summed E-state index contributed by atoms with van der Waals surface area (Å²) in [7, 11) is 0. The van der Waals surface area contributed by atoms with Crippen LogP contribution in [0, 0.1) is 5.82 Å². The van der Waals surface area contributed by atoms with Crippen LogP contribution in [0.4, 0.5) is 10.1 Å². The van der Waals surface area contributed by atoms with Crippen LogP contribution >= 0.6 is 11.6 Å². The summed E-state index contributed by atoms with van der Waals surface area (Å²) in [5.41, 5.74) is 2.37. The summed E-state index contributed by atoms with van der Waals surface area (Å²) in [6, 6.07) is 9.97. The smallest absolute Gasteiger partial charge is 0.200 e. The molecule has 0 radical (unpaired) electrons. The van der Waals surface area contributed by atoms with Crippen molar-refractivity contribution < 1.29 is 13.6 Å². The van der Waals surface area contributed by atoms with Gasteiger partial charge in [0.1, 0.15) is 11.3 Å². The van der Waals surface area contributed by atoms with Gasteiger partial charge in [-0.1, -0.05) is 11.6 Å². The van der Waals surface area contributed by atoms with Gasteiger partial charge in [-0.2, -0.15) is 0 Å². The fourth-order valence-electron chi connectivity index (χ4n) is 4.34. The maximum Gasteiger partial charge on any atom is 0.200 e. The Morgan fingerprint density at radius 2 is 2.00 bits per heavy atom. The highest BCUT2D eigenvalue weighted by Gasteiger charge is 2.33. The number of oxazole rings is 1. The van der Waals surface area contributed by atoms with Crippen molar-refractivity contribution in [2.75, 3.05) is 11.4 Å². The second kappa shape index (κ2) is 8.31. The monoisotopic (exact) mass is 450 g/mol. The van der Waals surface area contributed by atoms with Crippen LogP contribution in [-0.4, -0.2) is 33.8 Å². The fraction of sp³-hybridized carbons (Fsp3) is 0.250. The number of fused-ring (bicyclic) bond motifs is 1. The third-order valence-corrected chi connectivity index (χ3v) is 6.21. The van der Waals surface area contributed by atoms with Gasteiger partial charge in [0.15, 0.2) is 23.6 Å². The first kappa shape index (κ1) is 20.6. The topological polar surface area (TPSA) is 72.1 Å². The molecular weight excluding hydrogens is 431 g/mol. The SMILES string of the molecule is C[C@@H]1CC[C@@H](c2nc3cc(Cl)ccc3o2)CN1c1c(F)ccc(-c2ncccn2)c1C=O. The molecule has 3 heterocycles. The predicted octanol–water partition coefficient (Wildman–Crippen LogP) is 5.66. The number of nitrogens with zero attached hydrogens (tertiary/aromatic N) is 4. The van der Waals surface area contributed by atoms with Crippen LogP contribution in [0.25, 0.3) is 22.5 Å². The number of anilines is 1. The number of aldehydes is 1. The highest BCUT2D eigenvalue weighted by molar-refractivity contribution is 6.31. The molecular formula is C24H20ClFN4O2. The van der Waals surface area contributed by atoms with E-state index in [1.54, 1.807) is 42.7 Å². The molecule has 162 valence electrons. The lowest BCUT2D eigenvalue weighted by Gasteiger charge is -2.39. The molecule has 8 heteroatoms. The molecule has 1 aliphatic rings. The lowest BCUT2D eigenvalue weighted by molar-refractivity contribution is 0.112. The van der Waals surface area contributed by atoms with E-state index in [-0.39, 0.29) is 23.2 Å². The van der Waals surface area contributed by atoms with E-state index in [1.165, 1.54) is 6.07 Å². The van der Waals surface area contributed by atoms with Crippen LogP contribution in [0.3, 0.4) is 0 Å². The first-order valence-electron chi connectivity index (χ1n) is 10.4. The van der Waals surface area contributed by atoms with Gasteiger partial charge in [0.05, 0.1) is 17.2 Å². The van der Waals surface area contributed by atoms with E-state index in [1.807, 2.05) is 11.8 Å². The maximum absolute atomic E-state index is 15.1. The third kappa shape index (κ3) is 3.62. The fourth-order valence-corrected chi connectivity index (χ4v) is 4.51. The van der Waals surface area contributed by atoms with Crippen LogP contribution < -0.4 is 4.90 Å². The predicted molar refractivity (Wildman–Crippen MR) is 121 cm³/mol. The molecule has 0 aliphatic carbocycles. The molecule has 1 fully saturated rings. The molecule has 1 aliphatic heterocycles. The average Bonchev–Trinajstić information content (AvgIpc) is 3.23. The zero-order valence-corrected chi connectivity index (χ0v) is 18.1. The number of rotatable bonds is 4. The van der Waals surface area contributed by atoms with Gasteiger partial charge in [0.2, 0.25) is 0 Å². The van der Waals surface area contributed by atoms with E-state index in [0.717, 1.165) is 12.8 Å². The second-order valence-electron chi connectivity index (χ2n) is 7.99. The molecule has 0 N–H and O–H groups in total. The van der Waals surface area contributed by atoms with Gasteiger partial charge in [0.25, 0.3) is 0 Å². The lowest BCUT2D eigenvalue weighted by atomic mass is 9.91. The zero-order valence-electron chi connectivity index (χ0n) is 17.3. The summed E-state index contributed by atoms with van der Waals surface area (Å²) in [5.74, 6) is 0.471. The van der Waals surface area contributed by atoms with Crippen LogP contribution in [0.5, 0.6) is 0 Å². The highest BCUT2D eigenvalue weighted by Crippen LogP contribution is 2.39. The van der Waals surface area contributed by atoms with E-state index < -0.39 is 5.82 Å². The Hall–Kier alpha value is -3.32. The molecule has 2 aromatic heterocycles. The number of hydrogen-bond donors (Lipinski definition) is 0. The highest BCUT2D eigenvalue weighted by atomic mass is 35.5. The van der Waals surface area contributed by atoms with Crippen LogP contribution in [0.1, 0.15) is 41.9 Å². The summed E-state index contributed by atoms with van der Waals surface area (Å²) >= 11 is 6.08. The van der Waals surface area contributed by atoms with E-state index in [9.17, 15) is 4.79 Å². The second-order valence-corrected chi connectivity index (χ2v) is 8.42. The average molecular weight is 451 g/mol. The summed E-state index contributed by atoms with van der Waals surface area (Å²) in [6.07, 6.45) is 5.52. The minimum Gasteiger partial charge on any atom is -0.440 e. The molecule has 0 bridgehead atoms. The third-order valence-electron chi connectivity index (χ3n) is 5.98. The van der Waals surface area contributed by atoms with Gasteiger partial charge in [-0.3, -0.25) is 4.79 Å². The minimum atomic E-state index is -0.455. The summed E-state index contributed by atoms with van der Waals surface area (Å²) in [6.45, 7) is 2.50. The first-order chi connectivity index (χ1) is 15.5. The van der Waals surface area contributed by atoms with Gasteiger partial charge in [-0.15, -0.1) is 0 Å². The largest absolute Gasteiger partial charge is 0.440 e. The number of carbonyl (C=O) groups is 1. The van der Waals surface area contributed by atoms with E-state index in [0.29, 0.717) is 46.2 Å². The first-order valence-corrected chi connectivity index (χ1v) is 10.8. The summed E-state index contributed by atoms with van der Waals surface area (Å²) in [5, 5.41) is 0.592. The Kier molecular flexibility index (Phi) is 5.35. The van der Waals surface area contributed by atoms with Crippen molar-refractivity contribution in [1.29, 1.82) is 0 Å². The summed E-state index contributed by atoms with van der Waals surface area (Å²) in [4.78, 5) is 27.2. The quantitative estimate of drug-likeness (QED) is 0.373. The van der Waals surface area contributed by atoms with E-state index in [4.69, 9.17) is 16.0 Å². The zero-order chi connectivity index (χ0) is 22.2. The number of benzene rings is 2. The number of aromatic nitrogens is 3. The van der Waals surface area contributed by atoms with Crippen LogP contribution in [-0.2, 0) is 0 Å². The minimum absolute atomic E-state index is 0.0326. The van der Waals surface area contributed by atoms with Crippen LogP contribution in [0.2, 0.25) is 5.02 Å². The maximum atomic E-state index is 15.1. The Balaban J connectivity index is 1.55. The molecule has 4 aromatic rings. The molecule has 1 saturated heterocycles. The number of piperidine rings is 1.